The highest BCUT2D eigenvalue weighted by atomic mass is 15.4. The molecule has 4 heteroatoms. The summed E-state index contributed by atoms with van der Waals surface area (Å²) in [5.41, 5.74) is 8.92. The van der Waals surface area contributed by atoms with Gasteiger partial charge >= 0.3 is 0 Å². The predicted octanol–water partition coefficient (Wildman–Crippen LogP) is 2.13. The summed E-state index contributed by atoms with van der Waals surface area (Å²) in [5.74, 6) is 0.702. The lowest BCUT2D eigenvalue weighted by Gasteiger charge is -2.48. The molecule has 112 valence electrons. The molecule has 0 aromatic heterocycles. The molecular formula is C17H24N4. The Morgan fingerprint density at radius 1 is 1.19 bits per heavy atom. The molecule has 0 aliphatic carbocycles. The van der Waals surface area contributed by atoms with E-state index >= 15 is 0 Å². The van der Waals surface area contributed by atoms with E-state index in [-0.39, 0.29) is 5.54 Å². The van der Waals surface area contributed by atoms with Crippen LogP contribution in [0.25, 0.3) is 0 Å². The van der Waals surface area contributed by atoms with Crippen LogP contribution >= 0.6 is 0 Å². The van der Waals surface area contributed by atoms with Gasteiger partial charge in [-0.05, 0) is 51.3 Å². The highest BCUT2D eigenvalue weighted by Crippen LogP contribution is 2.46. The molecule has 4 rings (SSSR count). The van der Waals surface area contributed by atoms with Crippen molar-refractivity contribution in [2.75, 3.05) is 18.5 Å². The molecule has 21 heavy (non-hydrogen) atoms. The van der Waals surface area contributed by atoms with Gasteiger partial charge < -0.3 is 15.5 Å². The summed E-state index contributed by atoms with van der Waals surface area (Å²) in [6, 6.07) is 9.93. The number of hydrogen-bond donors (Lipinski definition) is 1. The Bertz CT molecular complexity index is 580. The molecule has 1 aromatic rings. The molecule has 1 aromatic carbocycles. The van der Waals surface area contributed by atoms with Crippen LogP contribution in [-0.4, -0.2) is 42.1 Å². The van der Waals surface area contributed by atoms with Gasteiger partial charge in [-0.25, -0.2) is 0 Å². The van der Waals surface area contributed by atoms with Crippen molar-refractivity contribution in [1.82, 2.24) is 4.90 Å². The van der Waals surface area contributed by atoms with Gasteiger partial charge in [0.05, 0.1) is 12.1 Å². The van der Waals surface area contributed by atoms with Crippen LogP contribution in [0.3, 0.4) is 0 Å². The summed E-state index contributed by atoms with van der Waals surface area (Å²) in [6.07, 6.45) is 5.01. The van der Waals surface area contributed by atoms with E-state index in [0.717, 1.165) is 6.54 Å². The molecule has 2 bridgehead atoms. The maximum absolute atomic E-state index is 6.29. The van der Waals surface area contributed by atoms with E-state index in [1.807, 2.05) is 0 Å². The number of benzene rings is 1. The van der Waals surface area contributed by atoms with Crippen molar-refractivity contribution >= 4 is 11.6 Å². The number of para-hydroxylation sites is 1. The van der Waals surface area contributed by atoms with Gasteiger partial charge in [0.25, 0.3) is 0 Å². The first kappa shape index (κ1) is 13.1. The zero-order chi connectivity index (χ0) is 14.6. The molecule has 2 N–H and O–H groups in total. The van der Waals surface area contributed by atoms with Gasteiger partial charge in [-0.1, -0.05) is 18.2 Å². The lowest BCUT2D eigenvalue weighted by atomic mass is 9.81. The van der Waals surface area contributed by atoms with E-state index in [9.17, 15) is 0 Å². The largest absolute Gasteiger partial charge is 0.369 e. The number of anilines is 1. The van der Waals surface area contributed by atoms with Crippen molar-refractivity contribution in [3.8, 4) is 0 Å². The van der Waals surface area contributed by atoms with E-state index in [4.69, 9.17) is 5.73 Å². The van der Waals surface area contributed by atoms with Crippen molar-refractivity contribution in [3.05, 3.63) is 29.8 Å². The molecule has 2 unspecified atom stereocenters. The quantitative estimate of drug-likeness (QED) is 0.859. The Kier molecular flexibility index (Phi) is 2.80. The Hall–Kier alpha value is -1.55. The number of nitrogens with two attached hydrogens (primary N) is 1. The van der Waals surface area contributed by atoms with Crippen LogP contribution in [0, 0.1) is 6.92 Å². The Morgan fingerprint density at radius 3 is 2.52 bits per heavy atom. The maximum Gasteiger partial charge on any atom is 0.196 e. The van der Waals surface area contributed by atoms with Crippen LogP contribution in [0.4, 0.5) is 5.69 Å². The summed E-state index contributed by atoms with van der Waals surface area (Å²) in [6.45, 7) is 3.02. The molecule has 0 amide bonds. The third kappa shape index (κ3) is 1.81. The van der Waals surface area contributed by atoms with E-state index in [0.29, 0.717) is 18.0 Å². The van der Waals surface area contributed by atoms with Crippen molar-refractivity contribution in [2.45, 2.75) is 50.2 Å². The first-order valence-electron chi connectivity index (χ1n) is 7.98. The lowest BCUT2D eigenvalue weighted by molar-refractivity contribution is 0.122. The van der Waals surface area contributed by atoms with Crippen LogP contribution < -0.4 is 10.6 Å². The SMILES string of the molecule is Cc1ccccc1N1C(N)=NCC12CC1CCC(C2)N1C. The molecule has 2 saturated heterocycles. The van der Waals surface area contributed by atoms with E-state index < -0.39 is 0 Å². The Morgan fingerprint density at radius 2 is 1.86 bits per heavy atom. The molecule has 1 spiro atoms. The predicted molar refractivity (Wildman–Crippen MR) is 86.7 cm³/mol. The monoisotopic (exact) mass is 284 g/mol. The van der Waals surface area contributed by atoms with Crippen molar-refractivity contribution in [3.63, 3.8) is 0 Å². The summed E-state index contributed by atoms with van der Waals surface area (Å²) >= 11 is 0. The Labute approximate surface area is 126 Å². The fourth-order valence-corrected chi connectivity index (χ4v) is 4.66. The highest BCUT2D eigenvalue weighted by molar-refractivity contribution is 5.99. The molecule has 3 heterocycles. The second-order valence-corrected chi connectivity index (χ2v) is 6.98. The molecule has 3 aliphatic heterocycles. The van der Waals surface area contributed by atoms with Gasteiger partial charge in [0.15, 0.2) is 5.96 Å². The van der Waals surface area contributed by atoms with Gasteiger partial charge in [0.2, 0.25) is 0 Å². The minimum absolute atomic E-state index is 0.106. The Balaban J connectivity index is 1.75. The number of aliphatic imine (C=N–C) groups is 1. The second kappa shape index (κ2) is 4.47. The van der Waals surface area contributed by atoms with Crippen LogP contribution in [-0.2, 0) is 0 Å². The van der Waals surface area contributed by atoms with Crippen molar-refractivity contribution in [1.29, 1.82) is 0 Å². The van der Waals surface area contributed by atoms with E-state index in [1.165, 1.54) is 36.9 Å². The van der Waals surface area contributed by atoms with Gasteiger partial charge in [0, 0.05) is 17.8 Å². The summed E-state index contributed by atoms with van der Waals surface area (Å²) in [7, 11) is 2.28. The summed E-state index contributed by atoms with van der Waals surface area (Å²) < 4.78 is 0. The number of rotatable bonds is 1. The zero-order valence-corrected chi connectivity index (χ0v) is 12.9. The molecular weight excluding hydrogens is 260 g/mol. The average molecular weight is 284 g/mol. The normalized spacial score (nSPS) is 35.5. The number of aryl methyl sites for hydroxylation is 1. The fraction of sp³-hybridized carbons (Fsp3) is 0.588. The summed E-state index contributed by atoms with van der Waals surface area (Å²) in [5, 5.41) is 0. The smallest absolute Gasteiger partial charge is 0.196 e. The zero-order valence-electron chi connectivity index (χ0n) is 12.9. The van der Waals surface area contributed by atoms with Gasteiger partial charge in [-0.2, -0.15) is 0 Å². The molecule has 3 aliphatic rings. The first-order chi connectivity index (χ1) is 10.1. The van der Waals surface area contributed by atoms with Crippen LogP contribution in [0.15, 0.2) is 29.3 Å². The standard InChI is InChI=1S/C17H24N4/c1-12-5-3-4-6-15(12)21-16(18)19-11-17(21)9-13-7-8-14(10-17)20(13)2/h3-6,13-14H,7-11H2,1-2H3,(H2,18,19). The third-order valence-electron chi connectivity index (χ3n) is 5.81. The number of hydrogen-bond acceptors (Lipinski definition) is 4. The topological polar surface area (TPSA) is 44.9 Å². The van der Waals surface area contributed by atoms with Crippen molar-refractivity contribution < 1.29 is 0 Å². The van der Waals surface area contributed by atoms with E-state index in [2.05, 4.69) is 53.0 Å². The van der Waals surface area contributed by atoms with Crippen LogP contribution in [0.1, 0.15) is 31.2 Å². The minimum atomic E-state index is 0.106. The second-order valence-electron chi connectivity index (χ2n) is 6.98. The molecule has 4 nitrogen and oxygen atoms in total. The van der Waals surface area contributed by atoms with E-state index in [1.54, 1.807) is 0 Å². The highest BCUT2D eigenvalue weighted by Gasteiger charge is 2.53. The number of nitrogens with zero attached hydrogens (tertiary/aromatic N) is 3. The van der Waals surface area contributed by atoms with Gasteiger partial charge in [-0.15, -0.1) is 0 Å². The van der Waals surface area contributed by atoms with Crippen LogP contribution in [0.5, 0.6) is 0 Å². The first-order valence-corrected chi connectivity index (χ1v) is 7.98. The molecule has 2 atom stereocenters. The minimum Gasteiger partial charge on any atom is -0.369 e. The lowest BCUT2D eigenvalue weighted by Crippen LogP contribution is -2.60. The fourth-order valence-electron chi connectivity index (χ4n) is 4.66. The summed E-state index contributed by atoms with van der Waals surface area (Å²) in [4.78, 5) is 9.56. The maximum atomic E-state index is 6.29. The average Bonchev–Trinajstić information content (AvgIpc) is 2.87. The third-order valence-corrected chi connectivity index (χ3v) is 5.81. The molecule has 0 saturated carbocycles. The van der Waals surface area contributed by atoms with Gasteiger partial charge in [0.1, 0.15) is 0 Å². The molecule has 2 fully saturated rings. The van der Waals surface area contributed by atoms with Crippen molar-refractivity contribution in [2.24, 2.45) is 10.7 Å². The number of guanidine groups is 1. The number of piperidine rings is 1. The number of fused-ring (bicyclic) bond motifs is 2. The molecule has 0 radical (unpaired) electrons. The van der Waals surface area contributed by atoms with Gasteiger partial charge in [-0.3, -0.25) is 4.99 Å². The van der Waals surface area contributed by atoms with Crippen LogP contribution in [0.2, 0.25) is 0 Å².